The maximum atomic E-state index is 13.0. The summed E-state index contributed by atoms with van der Waals surface area (Å²) in [5, 5.41) is -0.834. The number of halogens is 1. The summed E-state index contributed by atoms with van der Waals surface area (Å²) in [6.07, 6.45) is 0. The zero-order chi connectivity index (χ0) is 20.0. The molecule has 0 aliphatic heterocycles. The summed E-state index contributed by atoms with van der Waals surface area (Å²) in [6.45, 7) is 6.51. The molecule has 2 aromatic rings. The van der Waals surface area contributed by atoms with Gasteiger partial charge in [-0.1, -0.05) is 48.0 Å². The number of hydrogen-bond donors (Lipinski definition) is 1. The molecule has 27 heavy (non-hydrogen) atoms. The quantitative estimate of drug-likeness (QED) is 0.680. The minimum absolute atomic E-state index is 0.0994. The largest absolute Gasteiger partial charge is 0.342 e. The van der Waals surface area contributed by atoms with E-state index in [0.717, 1.165) is 5.56 Å². The summed E-state index contributed by atoms with van der Waals surface area (Å²) < 4.78 is 28.2. The van der Waals surface area contributed by atoms with Crippen LogP contribution in [0.1, 0.15) is 30.4 Å². The van der Waals surface area contributed by atoms with Crippen LogP contribution in [0.15, 0.2) is 59.5 Å². The van der Waals surface area contributed by atoms with E-state index in [9.17, 15) is 13.2 Å². The number of aryl methyl sites for hydroxylation is 1. The molecule has 0 unspecified atom stereocenters. The summed E-state index contributed by atoms with van der Waals surface area (Å²) in [5.74, 6) is -0.348. The topological polar surface area (TPSA) is 66.5 Å². The lowest BCUT2D eigenvalue weighted by Gasteiger charge is -2.28. The molecular weight excluding hydrogens is 384 g/mol. The normalized spacial score (nSPS) is 13.8. The van der Waals surface area contributed by atoms with Gasteiger partial charge in [0, 0.05) is 13.1 Å². The van der Waals surface area contributed by atoms with E-state index in [1.54, 1.807) is 41.3 Å². The lowest BCUT2D eigenvalue weighted by atomic mass is 10.0. The van der Waals surface area contributed by atoms with Gasteiger partial charge in [-0.15, -0.1) is 11.6 Å². The second kappa shape index (κ2) is 9.35. The standard InChI is InChI=1S/C20H25ClN2O3S/c1-4-23(5-2)20(24)19(18(21)16-9-7-6-8-10-16)22-27(25,26)17-13-11-15(3)12-14-17/h6-14,18-19,22H,4-5H2,1-3H3/t18-,19-/m0/s1. The predicted octanol–water partition coefficient (Wildman–Crippen LogP) is 3.49. The Hall–Kier alpha value is -1.89. The highest BCUT2D eigenvalue weighted by Crippen LogP contribution is 2.27. The number of rotatable bonds is 8. The Morgan fingerprint density at radius 1 is 1.04 bits per heavy atom. The fourth-order valence-electron chi connectivity index (χ4n) is 2.75. The van der Waals surface area contributed by atoms with Gasteiger partial charge in [0.25, 0.3) is 0 Å². The molecule has 7 heteroatoms. The van der Waals surface area contributed by atoms with Crippen molar-refractivity contribution >= 4 is 27.5 Å². The number of nitrogens with one attached hydrogen (secondary N) is 1. The molecule has 0 aromatic heterocycles. The zero-order valence-corrected chi connectivity index (χ0v) is 17.3. The van der Waals surface area contributed by atoms with E-state index in [-0.39, 0.29) is 10.8 Å². The lowest BCUT2D eigenvalue weighted by Crippen LogP contribution is -2.50. The zero-order valence-electron chi connectivity index (χ0n) is 15.7. The van der Waals surface area contributed by atoms with Crippen LogP contribution < -0.4 is 4.72 Å². The van der Waals surface area contributed by atoms with Crippen molar-refractivity contribution in [3.8, 4) is 0 Å². The molecule has 1 N–H and O–H groups in total. The van der Waals surface area contributed by atoms with Crippen molar-refractivity contribution in [3.05, 3.63) is 65.7 Å². The Morgan fingerprint density at radius 2 is 1.59 bits per heavy atom. The third-order valence-electron chi connectivity index (χ3n) is 4.37. The molecule has 1 amide bonds. The van der Waals surface area contributed by atoms with Gasteiger partial charge < -0.3 is 4.90 Å². The van der Waals surface area contributed by atoms with E-state index >= 15 is 0 Å². The summed E-state index contributed by atoms with van der Waals surface area (Å²) >= 11 is 6.57. The molecule has 146 valence electrons. The Balaban J connectivity index is 2.39. The molecule has 0 bridgehead atoms. The molecule has 0 radical (unpaired) electrons. The van der Waals surface area contributed by atoms with Crippen molar-refractivity contribution in [1.29, 1.82) is 0 Å². The van der Waals surface area contributed by atoms with E-state index < -0.39 is 21.4 Å². The molecular formula is C20H25ClN2O3S. The minimum atomic E-state index is -3.91. The van der Waals surface area contributed by atoms with Crippen LogP contribution in [-0.2, 0) is 14.8 Å². The third kappa shape index (κ3) is 5.31. The summed E-state index contributed by atoms with van der Waals surface area (Å²) in [4.78, 5) is 14.7. The second-order valence-corrected chi connectivity index (χ2v) is 8.42. The number of sulfonamides is 1. The van der Waals surface area contributed by atoms with Gasteiger partial charge in [0.2, 0.25) is 15.9 Å². The highest BCUT2D eigenvalue weighted by Gasteiger charge is 2.34. The first kappa shape index (κ1) is 21.4. The first-order chi connectivity index (χ1) is 12.8. The number of carbonyl (C=O) groups excluding carboxylic acids is 1. The Bertz CT molecular complexity index is 851. The van der Waals surface area contributed by atoms with Gasteiger partial charge in [0.15, 0.2) is 0 Å². The monoisotopic (exact) mass is 408 g/mol. The van der Waals surface area contributed by atoms with Crippen molar-refractivity contribution < 1.29 is 13.2 Å². The van der Waals surface area contributed by atoms with Crippen LogP contribution >= 0.6 is 11.6 Å². The molecule has 0 fully saturated rings. The molecule has 0 aliphatic rings. The average Bonchev–Trinajstić information content (AvgIpc) is 2.67. The number of likely N-dealkylation sites (N-methyl/N-ethyl adjacent to an activating group) is 1. The molecule has 0 saturated heterocycles. The summed E-state index contributed by atoms with van der Waals surface area (Å²) in [5.41, 5.74) is 1.63. The van der Waals surface area contributed by atoms with E-state index in [2.05, 4.69) is 4.72 Å². The van der Waals surface area contributed by atoms with Crippen LogP contribution in [0, 0.1) is 6.92 Å². The molecule has 5 nitrogen and oxygen atoms in total. The molecule has 2 rings (SSSR count). The minimum Gasteiger partial charge on any atom is -0.342 e. The summed E-state index contributed by atoms with van der Waals surface area (Å²) in [7, 11) is -3.91. The number of alkyl halides is 1. The van der Waals surface area contributed by atoms with Crippen molar-refractivity contribution in [2.45, 2.75) is 37.1 Å². The van der Waals surface area contributed by atoms with Crippen LogP contribution in [0.4, 0.5) is 0 Å². The third-order valence-corrected chi connectivity index (χ3v) is 6.33. The number of carbonyl (C=O) groups is 1. The second-order valence-electron chi connectivity index (χ2n) is 6.23. The van der Waals surface area contributed by atoms with Crippen LogP contribution in [0.5, 0.6) is 0 Å². The van der Waals surface area contributed by atoms with Gasteiger partial charge in [0.1, 0.15) is 6.04 Å². The Morgan fingerprint density at radius 3 is 2.11 bits per heavy atom. The molecule has 0 spiro atoms. The maximum Gasteiger partial charge on any atom is 0.242 e. The number of amides is 1. The number of hydrogen-bond acceptors (Lipinski definition) is 3. The fraction of sp³-hybridized carbons (Fsp3) is 0.350. The lowest BCUT2D eigenvalue weighted by molar-refractivity contribution is -0.132. The SMILES string of the molecule is CCN(CC)C(=O)[C@@H](NS(=O)(=O)c1ccc(C)cc1)[C@@H](Cl)c1ccccc1. The average molecular weight is 409 g/mol. The first-order valence-corrected chi connectivity index (χ1v) is 10.8. The number of nitrogens with zero attached hydrogens (tertiary/aromatic N) is 1. The number of benzene rings is 2. The molecule has 0 heterocycles. The van der Waals surface area contributed by atoms with Gasteiger partial charge in [0.05, 0.1) is 10.3 Å². The van der Waals surface area contributed by atoms with Crippen molar-refractivity contribution in [3.63, 3.8) is 0 Å². The van der Waals surface area contributed by atoms with Gasteiger partial charge >= 0.3 is 0 Å². The highest BCUT2D eigenvalue weighted by molar-refractivity contribution is 7.89. The fourth-order valence-corrected chi connectivity index (χ4v) is 4.34. The summed E-state index contributed by atoms with van der Waals surface area (Å²) in [6, 6.07) is 14.4. The van der Waals surface area contributed by atoms with Crippen molar-refractivity contribution in [1.82, 2.24) is 9.62 Å². The first-order valence-electron chi connectivity index (χ1n) is 8.87. The Kier molecular flexibility index (Phi) is 7.41. The molecule has 0 saturated carbocycles. The highest BCUT2D eigenvalue weighted by atomic mass is 35.5. The van der Waals surface area contributed by atoms with Gasteiger partial charge in [-0.2, -0.15) is 4.72 Å². The van der Waals surface area contributed by atoms with Crippen LogP contribution in [0.3, 0.4) is 0 Å². The Labute approximate surface area is 166 Å². The maximum absolute atomic E-state index is 13.0. The predicted molar refractivity (Wildman–Crippen MR) is 108 cm³/mol. The van der Waals surface area contributed by atoms with Gasteiger partial charge in [-0.3, -0.25) is 4.79 Å². The molecule has 2 aromatic carbocycles. The van der Waals surface area contributed by atoms with E-state index in [1.165, 1.54) is 12.1 Å². The van der Waals surface area contributed by atoms with Crippen LogP contribution in [-0.4, -0.2) is 38.4 Å². The van der Waals surface area contributed by atoms with Crippen molar-refractivity contribution in [2.24, 2.45) is 0 Å². The van der Waals surface area contributed by atoms with Crippen LogP contribution in [0.25, 0.3) is 0 Å². The van der Waals surface area contributed by atoms with E-state index in [0.29, 0.717) is 18.7 Å². The van der Waals surface area contributed by atoms with Gasteiger partial charge in [-0.25, -0.2) is 8.42 Å². The van der Waals surface area contributed by atoms with Crippen molar-refractivity contribution in [2.75, 3.05) is 13.1 Å². The molecule has 2 atom stereocenters. The van der Waals surface area contributed by atoms with Crippen LogP contribution in [0.2, 0.25) is 0 Å². The molecule has 0 aliphatic carbocycles. The van der Waals surface area contributed by atoms with Gasteiger partial charge in [-0.05, 0) is 38.5 Å². The van der Waals surface area contributed by atoms with E-state index in [4.69, 9.17) is 11.6 Å². The van der Waals surface area contributed by atoms with E-state index in [1.807, 2.05) is 26.8 Å². The smallest absolute Gasteiger partial charge is 0.242 e.